The van der Waals surface area contributed by atoms with Gasteiger partial charge >= 0.3 is 0 Å². The number of benzene rings is 2. The van der Waals surface area contributed by atoms with E-state index in [2.05, 4.69) is 22.4 Å². The van der Waals surface area contributed by atoms with Crippen LogP contribution in [0.5, 0.6) is 23.0 Å². The van der Waals surface area contributed by atoms with Crippen LogP contribution in [-0.4, -0.2) is 43.9 Å². The van der Waals surface area contributed by atoms with Crippen molar-refractivity contribution < 1.29 is 18.9 Å². The Hall–Kier alpha value is -2.77. The zero-order chi connectivity index (χ0) is 21.2. The summed E-state index contributed by atoms with van der Waals surface area (Å²) in [5.74, 6) is 3.25. The average Bonchev–Trinajstić information content (AvgIpc) is 3.48. The van der Waals surface area contributed by atoms with Crippen LogP contribution in [0.4, 0.5) is 0 Å². The number of nitrogens with zero attached hydrogens (tertiary/aromatic N) is 2. The van der Waals surface area contributed by atoms with E-state index >= 15 is 0 Å². The molecule has 0 N–H and O–H groups in total. The number of rotatable bonds is 6. The Labute approximate surface area is 186 Å². The summed E-state index contributed by atoms with van der Waals surface area (Å²) >= 11 is 1.65. The fraction of sp³-hybridized carbons (Fsp3) is 0.375. The van der Waals surface area contributed by atoms with Gasteiger partial charge in [-0.2, -0.15) is 0 Å². The summed E-state index contributed by atoms with van der Waals surface area (Å²) in [7, 11) is 3.33. The fourth-order valence-electron chi connectivity index (χ4n) is 4.35. The second-order valence-corrected chi connectivity index (χ2v) is 8.60. The molecule has 3 heterocycles. The molecule has 5 rings (SSSR count). The summed E-state index contributed by atoms with van der Waals surface area (Å²) in [5, 5.41) is 3.11. The third-order valence-electron chi connectivity index (χ3n) is 5.87. The Bertz CT molecular complexity index is 1070. The van der Waals surface area contributed by atoms with Gasteiger partial charge in [0.2, 0.25) is 0 Å². The molecule has 1 aromatic heterocycles. The van der Waals surface area contributed by atoms with E-state index in [1.807, 2.05) is 24.3 Å². The molecule has 1 saturated heterocycles. The van der Waals surface area contributed by atoms with E-state index in [1.165, 1.54) is 12.0 Å². The smallest absolute Gasteiger partial charge is 0.161 e. The number of likely N-dealkylation sites (tertiary alicyclic amines) is 1. The lowest BCUT2D eigenvalue weighted by molar-refractivity contribution is 0.170. The summed E-state index contributed by atoms with van der Waals surface area (Å²) in [6.07, 6.45) is 2.32. The number of fused-ring (bicyclic) bond motifs is 1. The van der Waals surface area contributed by atoms with Gasteiger partial charge in [0.05, 0.1) is 25.5 Å². The van der Waals surface area contributed by atoms with Crippen molar-refractivity contribution >= 4 is 11.3 Å². The van der Waals surface area contributed by atoms with Crippen molar-refractivity contribution in [1.82, 2.24) is 9.88 Å². The highest BCUT2D eigenvalue weighted by atomic mass is 32.1. The summed E-state index contributed by atoms with van der Waals surface area (Å²) in [5.41, 5.74) is 3.36. The molecule has 2 aliphatic rings. The van der Waals surface area contributed by atoms with Crippen molar-refractivity contribution in [2.24, 2.45) is 0 Å². The molecule has 0 aliphatic carbocycles. The predicted octanol–water partition coefficient (Wildman–Crippen LogP) is 4.94. The van der Waals surface area contributed by atoms with E-state index in [4.69, 9.17) is 23.9 Å². The monoisotopic (exact) mass is 438 g/mol. The van der Waals surface area contributed by atoms with Gasteiger partial charge in [0, 0.05) is 24.0 Å². The number of hydrogen-bond donors (Lipinski definition) is 0. The number of ether oxygens (including phenoxy) is 4. The zero-order valence-electron chi connectivity index (χ0n) is 17.8. The summed E-state index contributed by atoms with van der Waals surface area (Å²) < 4.78 is 22.3. The fourth-order valence-corrected chi connectivity index (χ4v) is 5.19. The molecule has 1 fully saturated rings. The van der Waals surface area contributed by atoms with Gasteiger partial charge < -0.3 is 18.9 Å². The summed E-state index contributed by atoms with van der Waals surface area (Å²) in [6.45, 7) is 3.13. The van der Waals surface area contributed by atoms with Crippen molar-refractivity contribution in [1.29, 1.82) is 0 Å². The molecule has 0 amide bonds. The predicted molar refractivity (Wildman–Crippen MR) is 120 cm³/mol. The summed E-state index contributed by atoms with van der Waals surface area (Å²) in [4.78, 5) is 7.43. The third kappa shape index (κ3) is 4.07. The van der Waals surface area contributed by atoms with Gasteiger partial charge in [0.1, 0.15) is 29.7 Å². The first kappa shape index (κ1) is 20.2. The van der Waals surface area contributed by atoms with Gasteiger partial charge in [-0.3, -0.25) is 4.90 Å². The lowest BCUT2D eigenvalue weighted by Gasteiger charge is -2.26. The Morgan fingerprint density at radius 1 is 1.06 bits per heavy atom. The quantitative estimate of drug-likeness (QED) is 0.544. The van der Waals surface area contributed by atoms with Crippen molar-refractivity contribution in [3.8, 4) is 33.6 Å². The van der Waals surface area contributed by atoms with E-state index in [0.717, 1.165) is 58.8 Å². The Morgan fingerprint density at radius 3 is 2.77 bits per heavy atom. The molecule has 0 radical (unpaired) electrons. The molecule has 6 nitrogen and oxygen atoms in total. The van der Waals surface area contributed by atoms with Gasteiger partial charge in [-0.1, -0.05) is 6.07 Å². The van der Waals surface area contributed by atoms with Crippen LogP contribution in [0.15, 0.2) is 41.8 Å². The highest BCUT2D eigenvalue weighted by Gasteiger charge is 2.28. The van der Waals surface area contributed by atoms with Crippen LogP contribution >= 0.6 is 11.3 Å². The van der Waals surface area contributed by atoms with Crippen molar-refractivity contribution in [2.45, 2.75) is 25.4 Å². The van der Waals surface area contributed by atoms with Crippen LogP contribution in [0.1, 0.15) is 30.1 Å². The molecular formula is C24H26N2O4S. The van der Waals surface area contributed by atoms with Crippen LogP contribution in [0.3, 0.4) is 0 Å². The molecule has 31 heavy (non-hydrogen) atoms. The third-order valence-corrected chi connectivity index (χ3v) is 6.79. The number of hydrogen-bond acceptors (Lipinski definition) is 7. The van der Waals surface area contributed by atoms with Crippen LogP contribution in [-0.2, 0) is 6.54 Å². The van der Waals surface area contributed by atoms with E-state index < -0.39 is 0 Å². The van der Waals surface area contributed by atoms with Gasteiger partial charge in [-0.15, -0.1) is 11.3 Å². The van der Waals surface area contributed by atoms with E-state index in [1.54, 1.807) is 25.6 Å². The minimum Gasteiger partial charge on any atom is -0.497 e. The first-order valence-electron chi connectivity index (χ1n) is 10.6. The number of aromatic nitrogens is 1. The maximum Gasteiger partial charge on any atom is 0.161 e. The second kappa shape index (κ2) is 8.77. The second-order valence-electron chi connectivity index (χ2n) is 7.74. The maximum atomic E-state index is 5.79. The van der Waals surface area contributed by atoms with Gasteiger partial charge in [-0.05, 0) is 49.2 Å². The van der Waals surface area contributed by atoms with Crippen molar-refractivity contribution in [3.63, 3.8) is 0 Å². The molecule has 2 aliphatic heterocycles. The molecule has 1 unspecified atom stereocenters. The average molecular weight is 439 g/mol. The van der Waals surface area contributed by atoms with Crippen LogP contribution in [0.2, 0.25) is 0 Å². The van der Waals surface area contributed by atoms with E-state index in [-0.39, 0.29) is 0 Å². The first-order chi connectivity index (χ1) is 15.2. The normalized spacial score (nSPS) is 18.2. The largest absolute Gasteiger partial charge is 0.497 e. The number of methoxy groups -OCH3 is 2. The Kier molecular flexibility index (Phi) is 5.70. The van der Waals surface area contributed by atoms with E-state index in [9.17, 15) is 0 Å². The molecule has 7 heteroatoms. The minimum absolute atomic E-state index is 0.372. The molecule has 0 bridgehead atoms. The SMILES string of the molecule is COc1ccc(-c2nc(CN3CCCC3c3ccc4c(c3)OCCO4)cs2)c(OC)c1. The molecule has 0 spiro atoms. The lowest BCUT2D eigenvalue weighted by Crippen LogP contribution is -2.23. The van der Waals surface area contributed by atoms with Crippen LogP contribution in [0, 0.1) is 0 Å². The minimum atomic E-state index is 0.372. The zero-order valence-corrected chi connectivity index (χ0v) is 18.6. The highest BCUT2D eigenvalue weighted by molar-refractivity contribution is 7.13. The highest BCUT2D eigenvalue weighted by Crippen LogP contribution is 2.39. The van der Waals surface area contributed by atoms with Crippen molar-refractivity contribution in [2.75, 3.05) is 34.0 Å². The van der Waals surface area contributed by atoms with Crippen molar-refractivity contribution in [3.05, 3.63) is 53.0 Å². The van der Waals surface area contributed by atoms with Gasteiger partial charge in [0.25, 0.3) is 0 Å². The molecule has 3 aromatic rings. The molecule has 0 saturated carbocycles. The number of thiazole rings is 1. The lowest BCUT2D eigenvalue weighted by atomic mass is 10.0. The first-order valence-corrected chi connectivity index (χ1v) is 11.4. The van der Waals surface area contributed by atoms with Gasteiger partial charge in [-0.25, -0.2) is 4.98 Å². The topological polar surface area (TPSA) is 53.1 Å². The maximum absolute atomic E-state index is 5.79. The Balaban J connectivity index is 1.34. The summed E-state index contributed by atoms with van der Waals surface area (Å²) in [6, 6.07) is 12.6. The van der Waals surface area contributed by atoms with Crippen LogP contribution < -0.4 is 18.9 Å². The molecular weight excluding hydrogens is 412 g/mol. The van der Waals surface area contributed by atoms with Gasteiger partial charge in [0.15, 0.2) is 11.5 Å². The standard InChI is InChI=1S/C24H26N2O4S/c1-27-18-6-7-19(22(13-18)28-2)24-25-17(15-31-24)14-26-9-3-4-20(26)16-5-8-21-23(12-16)30-11-10-29-21/h5-8,12-13,15,20H,3-4,9-11,14H2,1-2H3. The van der Waals surface area contributed by atoms with Crippen LogP contribution in [0.25, 0.3) is 10.6 Å². The Morgan fingerprint density at radius 2 is 1.94 bits per heavy atom. The van der Waals surface area contributed by atoms with E-state index in [0.29, 0.717) is 19.3 Å². The molecule has 162 valence electrons. The molecule has 2 aromatic carbocycles. The molecule has 1 atom stereocenters.